The highest BCUT2D eigenvalue weighted by atomic mass is 32.2. The Kier molecular flexibility index (Phi) is 5.78. The van der Waals surface area contributed by atoms with Crippen LogP contribution in [0.4, 0.5) is 0 Å². The lowest BCUT2D eigenvalue weighted by Crippen LogP contribution is -2.23. The topological polar surface area (TPSA) is 58.2 Å². The van der Waals surface area contributed by atoms with Gasteiger partial charge >= 0.3 is 0 Å². The van der Waals surface area contributed by atoms with Crippen LogP contribution in [0.15, 0.2) is 23.1 Å². The largest absolute Gasteiger partial charge is 0.313 e. The molecule has 4 nitrogen and oxygen atoms in total. The lowest BCUT2D eigenvalue weighted by Gasteiger charge is -2.10. The zero-order valence-electron chi connectivity index (χ0n) is 11.3. The lowest BCUT2D eigenvalue weighted by atomic mass is 10.1. The summed E-state index contributed by atoms with van der Waals surface area (Å²) in [5.41, 5.74) is 2.14. The van der Waals surface area contributed by atoms with Gasteiger partial charge in [0.05, 0.1) is 4.90 Å². The van der Waals surface area contributed by atoms with Gasteiger partial charge in [-0.25, -0.2) is 13.1 Å². The van der Waals surface area contributed by atoms with Crippen LogP contribution in [0.25, 0.3) is 0 Å². The van der Waals surface area contributed by atoms with E-state index < -0.39 is 10.0 Å². The van der Waals surface area contributed by atoms with Gasteiger partial charge in [0.1, 0.15) is 0 Å². The summed E-state index contributed by atoms with van der Waals surface area (Å²) >= 11 is 0. The van der Waals surface area contributed by atoms with E-state index in [0.29, 0.717) is 18.0 Å². The standard InChI is InChI=1S/C13H22N2O2S/c1-4-8-14-10-12-9-13(7-6-11(12)3)18(16,17)15-5-2/h6-7,9,14-15H,4-5,8,10H2,1-3H3. The molecule has 1 aromatic carbocycles. The van der Waals surface area contributed by atoms with Crippen molar-refractivity contribution in [2.75, 3.05) is 13.1 Å². The summed E-state index contributed by atoms with van der Waals surface area (Å²) in [4.78, 5) is 0.336. The van der Waals surface area contributed by atoms with Crippen LogP contribution in [0, 0.1) is 6.92 Å². The summed E-state index contributed by atoms with van der Waals surface area (Å²) in [7, 11) is -3.36. The Morgan fingerprint density at radius 3 is 2.56 bits per heavy atom. The van der Waals surface area contributed by atoms with Crippen LogP contribution in [0.5, 0.6) is 0 Å². The van der Waals surface area contributed by atoms with Crippen LogP contribution in [0.3, 0.4) is 0 Å². The highest BCUT2D eigenvalue weighted by Crippen LogP contribution is 2.15. The quantitative estimate of drug-likeness (QED) is 0.743. The van der Waals surface area contributed by atoms with Crippen molar-refractivity contribution < 1.29 is 8.42 Å². The molecule has 0 aliphatic carbocycles. The van der Waals surface area contributed by atoms with Crippen LogP contribution in [0.2, 0.25) is 0 Å². The molecule has 0 amide bonds. The normalized spacial score (nSPS) is 11.7. The highest BCUT2D eigenvalue weighted by Gasteiger charge is 2.13. The fourth-order valence-corrected chi connectivity index (χ4v) is 2.77. The fourth-order valence-electron chi connectivity index (χ4n) is 1.68. The summed E-state index contributed by atoms with van der Waals surface area (Å²) in [5.74, 6) is 0. The van der Waals surface area contributed by atoms with Gasteiger partial charge in [-0.15, -0.1) is 0 Å². The van der Waals surface area contributed by atoms with Crippen molar-refractivity contribution in [3.8, 4) is 0 Å². The molecule has 1 aromatic rings. The fraction of sp³-hybridized carbons (Fsp3) is 0.538. The molecule has 5 heteroatoms. The van der Waals surface area contributed by atoms with E-state index in [-0.39, 0.29) is 0 Å². The number of rotatable bonds is 7. The number of hydrogen-bond acceptors (Lipinski definition) is 3. The van der Waals surface area contributed by atoms with Gasteiger partial charge in [-0.05, 0) is 43.1 Å². The molecular weight excluding hydrogens is 248 g/mol. The Morgan fingerprint density at radius 2 is 1.94 bits per heavy atom. The van der Waals surface area contributed by atoms with Gasteiger partial charge in [0.2, 0.25) is 10.0 Å². The van der Waals surface area contributed by atoms with Gasteiger partial charge < -0.3 is 5.32 Å². The number of hydrogen-bond donors (Lipinski definition) is 2. The van der Waals surface area contributed by atoms with E-state index in [0.717, 1.165) is 24.1 Å². The molecule has 1 rings (SSSR count). The minimum Gasteiger partial charge on any atom is -0.313 e. The summed E-state index contributed by atoms with van der Waals surface area (Å²) < 4.78 is 26.3. The molecule has 18 heavy (non-hydrogen) atoms. The molecule has 2 N–H and O–H groups in total. The van der Waals surface area contributed by atoms with Crippen molar-refractivity contribution in [2.24, 2.45) is 0 Å². The first-order valence-corrected chi connectivity index (χ1v) is 7.79. The van der Waals surface area contributed by atoms with E-state index in [1.54, 1.807) is 19.1 Å². The maximum absolute atomic E-state index is 11.9. The summed E-state index contributed by atoms with van der Waals surface area (Å²) in [6.45, 7) is 7.91. The van der Waals surface area contributed by atoms with Gasteiger partial charge in [-0.1, -0.05) is 19.9 Å². The average molecular weight is 270 g/mol. The van der Waals surface area contributed by atoms with Crippen molar-refractivity contribution in [2.45, 2.75) is 38.6 Å². The second kappa shape index (κ2) is 6.87. The summed E-state index contributed by atoms with van der Waals surface area (Å²) in [5, 5.41) is 3.29. The number of nitrogens with one attached hydrogen (secondary N) is 2. The Labute approximate surface area is 110 Å². The van der Waals surface area contributed by atoms with Gasteiger partial charge in [-0.3, -0.25) is 0 Å². The van der Waals surface area contributed by atoms with Crippen LogP contribution >= 0.6 is 0 Å². The van der Waals surface area contributed by atoms with Crippen molar-refractivity contribution in [3.05, 3.63) is 29.3 Å². The number of aryl methyl sites for hydroxylation is 1. The van der Waals surface area contributed by atoms with Gasteiger partial charge in [0.25, 0.3) is 0 Å². The second-order valence-corrected chi connectivity index (χ2v) is 6.03. The average Bonchev–Trinajstić information content (AvgIpc) is 2.31. The lowest BCUT2D eigenvalue weighted by molar-refractivity contribution is 0.583. The Balaban J connectivity index is 2.93. The van der Waals surface area contributed by atoms with E-state index in [4.69, 9.17) is 0 Å². The first-order valence-electron chi connectivity index (χ1n) is 6.31. The maximum atomic E-state index is 11.9. The number of benzene rings is 1. The van der Waals surface area contributed by atoms with Gasteiger partial charge in [0, 0.05) is 13.1 Å². The molecule has 0 atom stereocenters. The smallest absolute Gasteiger partial charge is 0.240 e. The van der Waals surface area contributed by atoms with E-state index in [2.05, 4.69) is 17.0 Å². The maximum Gasteiger partial charge on any atom is 0.240 e. The molecule has 0 aromatic heterocycles. The molecule has 0 aliphatic heterocycles. The Bertz CT molecular complexity index is 484. The third kappa shape index (κ3) is 4.08. The molecule has 0 radical (unpaired) electrons. The molecular formula is C13H22N2O2S. The Morgan fingerprint density at radius 1 is 1.22 bits per heavy atom. The zero-order chi connectivity index (χ0) is 13.6. The number of sulfonamides is 1. The zero-order valence-corrected chi connectivity index (χ0v) is 12.1. The van der Waals surface area contributed by atoms with Crippen molar-refractivity contribution in [1.82, 2.24) is 10.0 Å². The third-order valence-corrected chi connectivity index (χ3v) is 4.25. The SMILES string of the molecule is CCCNCc1cc(S(=O)(=O)NCC)ccc1C. The van der Waals surface area contributed by atoms with Crippen molar-refractivity contribution in [3.63, 3.8) is 0 Å². The predicted octanol–water partition coefficient (Wildman–Crippen LogP) is 1.79. The minimum atomic E-state index is -3.36. The summed E-state index contributed by atoms with van der Waals surface area (Å²) in [6, 6.07) is 5.25. The van der Waals surface area contributed by atoms with Crippen LogP contribution < -0.4 is 10.0 Å². The van der Waals surface area contributed by atoms with E-state index in [1.165, 1.54) is 0 Å². The third-order valence-electron chi connectivity index (χ3n) is 2.71. The summed E-state index contributed by atoms with van der Waals surface area (Å²) in [6.07, 6.45) is 1.06. The molecule has 0 saturated carbocycles. The van der Waals surface area contributed by atoms with E-state index >= 15 is 0 Å². The monoisotopic (exact) mass is 270 g/mol. The molecule has 0 saturated heterocycles. The van der Waals surface area contributed by atoms with Crippen molar-refractivity contribution >= 4 is 10.0 Å². The molecule has 0 spiro atoms. The minimum absolute atomic E-state index is 0.336. The second-order valence-electron chi connectivity index (χ2n) is 4.27. The first kappa shape index (κ1) is 15.1. The van der Waals surface area contributed by atoms with Gasteiger partial charge in [-0.2, -0.15) is 0 Å². The molecule has 0 fully saturated rings. The van der Waals surface area contributed by atoms with E-state index in [1.807, 2.05) is 13.0 Å². The van der Waals surface area contributed by atoms with Crippen LogP contribution in [0.1, 0.15) is 31.4 Å². The van der Waals surface area contributed by atoms with E-state index in [9.17, 15) is 8.42 Å². The van der Waals surface area contributed by atoms with Crippen molar-refractivity contribution in [1.29, 1.82) is 0 Å². The van der Waals surface area contributed by atoms with Crippen LogP contribution in [-0.2, 0) is 16.6 Å². The molecule has 102 valence electrons. The van der Waals surface area contributed by atoms with Crippen LogP contribution in [-0.4, -0.2) is 21.5 Å². The predicted molar refractivity (Wildman–Crippen MR) is 74.0 cm³/mol. The Hall–Kier alpha value is -0.910. The molecule has 0 heterocycles. The molecule has 0 aliphatic rings. The molecule has 0 unspecified atom stereocenters. The first-order chi connectivity index (χ1) is 8.51. The molecule has 0 bridgehead atoms. The van der Waals surface area contributed by atoms with Gasteiger partial charge in [0.15, 0.2) is 0 Å². The highest BCUT2D eigenvalue weighted by molar-refractivity contribution is 7.89.